The second-order valence-electron chi connectivity index (χ2n) is 5.40. The van der Waals surface area contributed by atoms with E-state index in [2.05, 4.69) is 31.9 Å². The first-order valence-electron chi connectivity index (χ1n) is 6.83. The summed E-state index contributed by atoms with van der Waals surface area (Å²) in [4.78, 5) is 27.1. The molecule has 3 rings (SSSR count). The minimum Gasteiger partial charge on any atom is -0.495 e. The first kappa shape index (κ1) is 15.0. The molecule has 0 aromatic heterocycles. The van der Waals surface area contributed by atoms with Gasteiger partial charge < -0.3 is 4.74 Å². The molecule has 2 amide bonds. The number of rotatable bonds is 2. The van der Waals surface area contributed by atoms with Crippen molar-refractivity contribution in [2.24, 2.45) is 11.8 Å². The third kappa shape index (κ3) is 2.42. The standard InChI is InChI=1S/C15H15Br2NO3/c1-21-13-5-3-2-4-12(13)18-14(19)8-6-10(16)11(17)7-9(8)15(18)20/h2-5,8-11H,6-7H2,1H3/t8-,9+,10-,11-/m0/s1. The molecule has 1 aromatic rings. The van der Waals surface area contributed by atoms with Crippen molar-refractivity contribution in [1.29, 1.82) is 0 Å². The van der Waals surface area contributed by atoms with E-state index >= 15 is 0 Å². The van der Waals surface area contributed by atoms with Crippen LogP contribution in [0, 0.1) is 11.8 Å². The van der Waals surface area contributed by atoms with Gasteiger partial charge in [0.1, 0.15) is 5.75 Å². The maximum absolute atomic E-state index is 12.7. The summed E-state index contributed by atoms with van der Waals surface area (Å²) in [6, 6.07) is 7.14. The minimum absolute atomic E-state index is 0.113. The van der Waals surface area contributed by atoms with Crippen LogP contribution >= 0.6 is 31.9 Å². The number of hydrogen-bond acceptors (Lipinski definition) is 3. The molecule has 1 saturated heterocycles. The SMILES string of the molecule is COc1ccccc1N1C(=O)[C@H]2C[C@H](Br)[C@@H](Br)C[C@H]2C1=O. The number of imide groups is 1. The van der Waals surface area contributed by atoms with Crippen LogP contribution in [-0.2, 0) is 9.59 Å². The van der Waals surface area contributed by atoms with Gasteiger partial charge in [-0.3, -0.25) is 9.59 Å². The van der Waals surface area contributed by atoms with Crippen LogP contribution in [0.25, 0.3) is 0 Å². The van der Waals surface area contributed by atoms with Crippen molar-refractivity contribution in [3.05, 3.63) is 24.3 Å². The van der Waals surface area contributed by atoms with Crippen LogP contribution in [0.5, 0.6) is 5.75 Å². The lowest BCUT2D eigenvalue weighted by Gasteiger charge is -2.29. The Hall–Kier alpha value is -0.880. The molecule has 21 heavy (non-hydrogen) atoms. The summed E-state index contributed by atoms with van der Waals surface area (Å²) in [6.45, 7) is 0. The van der Waals surface area contributed by atoms with Crippen LogP contribution in [0.4, 0.5) is 5.69 Å². The number of carbonyl (C=O) groups excluding carboxylic acids is 2. The lowest BCUT2D eigenvalue weighted by Crippen LogP contribution is -2.34. The molecule has 1 heterocycles. The topological polar surface area (TPSA) is 46.6 Å². The van der Waals surface area contributed by atoms with Gasteiger partial charge in [0.25, 0.3) is 0 Å². The summed E-state index contributed by atoms with van der Waals surface area (Å²) < 4.78 is 5.29. The zero-order chi connectivity index (χ0) is 15.1. The van der Waals surface area contributed by atoms with E-state index in [0.29, 0.717) is 24.3 Å². The van der Waals surface area contributed by atoms with Crippen molar-refractivity contribution >= 4 is 49.4 Å². The van der Waals surface area contributed by atoms with Gasteiger partial charge in [-0.1, -0.05) is 44.0 Å². The van der Waals surface area contributed by atoms with E-state index in [1.165, 1.54) is 4.90 Å². The minimum atomic E-state index is -0.236. The number of ether oxygens (including phenoxy) is 1. The maximum Gasteiger partial charge on any atom is 0.237 e. The smallest absolute Gasteiger partial charge is 0.237 e. The van der Waals surface area contributed by atoms with Gasteiger partial charge in [-0.25, -0.2) is 4.90 Å². The van der Waals surface area contributed by atoms with E-state index < -0.39 is 0 Å². The fourth-order valence-electron chi connectivity index (χ4n) is 3.15. The highest BCUT2D eigenvalue weighted by atomic mass is 79.9. The molecule has 6 heteroatoms. The largest absolute Gasteiger partial charge is 0.495 e. The number of alkyl halides is 2. The Labute approximate surface area is 140 Å². The zero-order valence-electron chi connectivity index (χ0n) is 11.5. The van der Waals surface area contributed by atoms with Gasteiger partial charge in [0.05, 0.1) is 24.6 Å². The van der Waals surface area contributed by atoms with Crippen LogP contribution in [-0.4, -0.2) is 28.6 Å². The second kappa shape index (κ2) is 5.72. The summed E-state index contributed by atoms with van der Waals surface area (Å²) in [5, 5.41) is 0. The van der Waals surface area contributed by atoms with E-state index in [4.69, 9.17) is 4.74 Å². The van der Waals surface area contributed by atoms with E-state index in [9.17, 15) is 9.59 Å². The van der Waals surface area contributed by atoms with Gasteiger partial charge in [-0.2, -0.15) is 0 Å². The molecule has 2 aliphatic rings. The van der Waals surface area contributed by atoms with Gasteiger partial charge in [0, 0.05) is 9.65 Å². The number of amides is 2. The lowest BCUT2D eigenvalue weighted by atomic mass is 9.81. The number of methoxy groups -OCH3 is 1. The van der Waals surface area contributed by atoms with Crippen LogP contribution in [0.2, 0.25) is 0 Å². The third-order valence-electron chi connectivity index (χ3n) is 4.24. The molecule has 1 aromatic carbocycles. The lowest BCUT2D eigenvalue weighted by molar-refractivity contribution is -0.122. The van der Waals surface area contributed by atoms with Gasteiger partial charge in [0.15, 0.2) is 0 Å². The van der Waals surface area contributed by atoms with Gasteiger partial charge in [-0.15, -0.1) is 0 Å². The molecule has 2 fully saturated rings. The second-order valence-corrected chi connectivity index (χ2v) is 7.75. The average Bonchev–Trinajstić information content (AvgIpc) is 2.71. The van der Waals surface area contributed by atoms with Crippen molar-refractivity contribution in [1.82, 2.24) is 0 Å². The number of para-hydroxylation sites is 2. The molecule has 0 spiro atoms. The van der Waals surface area contributed by atoms with E-state index in [1.807, 2.05) is 6.07 Å². The number of anilines is 1. The number of nitrogens with zero attached hydrogens (tertiary/aromatic N) is 1. The fraction of sp³-hybridized carbons (Fsp3) is 0.467. The Kier molecular flexibility index (Phi) is 4.10. The molecule has 112 valence electrons. The molecule has 0 unspecified atom stereocenters. The predicted octanol–water partition coefficient (Wildman–Crippen LogP) is 3.12. The molecular weight excluding hydrogens is 402 g/mol. The van der Waals surface area contributed by atoms with Crippen molar-refractivity contribution < 1.29 is 14.3 Å². The molecule has 1 aliphatic heterocycles. The number of halogens is 2. The van der Waals surface area contributed by atoms with Crippen molar-refractivity contribution in [2.45, 2.75) is 22.5 Å². The molecule has 1 aliphatic carbocycles. The molecule has 0 bridgehead atoms. The first-order chi connectivity index (χ1) is 10.0. The Morgan fingerprint density at radius 1 is 1.05 bits per heavy atom. The molecule has 0 radical (unpaired) electrons. The normalized spacial score (nSPS) is 32.2. The monoisotopic (exact) mass is 415 g/mol. The van der Waals surface area contributed by atoms with E-state index in [0.717, 1.165) is 0 Å². The molecular formula is C15H15Br2NO3. The van der Waals surface area contributed by atoms with Gasteiger partial charge in [-0.05, 0) is 25.0 Å². The zero-order valence-corrected chi connectivity index (χ0v) is 14.6. The van der Waals surface area contributed by atoms with Crippen LogP contribution in [0.1, 0.15) is 12.8 Å². The highest BCUT2D eigenvalue weighted by Gasteiger charge is 2.52. The van der Waals surface area contributed by atoms with Crippen LogP contribution in [0.3, 0.4) is 0 Å². The summed E-state index contributed by atoms with van der Waals surface area (Å²) in [5.41, 5.74) is 0.543. The summed E-state index contributed by atoms with van der Waals surface area (Å²) in [5.74, 6) is -0.151. The summed E-state index contributed by atoms with van der Waals surface area (Å²) >= 11 is 7.18. The van der Waals surface area contributed by atoms with Crippen molar-refractivity contribution in [3.63, 3.8) is 0 Å². The van der Waals surface area contributed by atoms with Crippen LogP contribution < -0.4 is 9.64 Å². The van der Waals surface area contributed by atoms with E-state index in [-0.39, 0.29) is 33.3 Å². The third-order valence-corrected chi connectivity index (χ3v) is 6.97. The Morgan fingerprint density at radius 2 is 1.57 bits per heavy atom. The average molecular weight is 417 g/mol. The number of hydrogen-bond donors (Lipinski definition) is 0. The van der Waals surface area contributed by atoms with E-state index in [1.54, 1.807) is 25.3 Å². The van der Waals surface area contributed by atoms with Crippen molar-refractivity contribution in [2.75, 3.05) is 12.0 Å². The Morgan fingerprint density at radius 3 is 2.10 bits per heavy atom. The Bertz CT molecular complexity index is 564. The summed E-state index contributed by atoms with van der Waals surface area (Å²) in [6.07, 6.45) is 1.35. The number of carbonyl (C=O) groups is 2. The quantitative estimate of drug-likeness (QED) is 0.549. The van der Waals surface area contributed by atoms with Crippen LogP contribution in [0.15, 0.2) is 24.3 Å². The summed E-state index contributed by atoms with van der Waals surface area (Å²) in [7, 11) is 1.54. The highest BCUT2D eigenvalue weighted by molar-refractivity contribution is 9.12. The first-order valence-corrected chi connectivity index (χ1v) is 8.66. The highest BCUT2D eigenvalue weighted by Crippen LogP contribution is 2.45. The fourth-order valence-corrected chi connectivity index (χ4v) is 4.38. The van der Waals surface area contributed by atoms with Crippen molar-refractivity contribution in [3.8, 4) is 5.75 Å². The molecule has 0 N–H and O–H groups in total. The van der Waals surface area contributed by atoms with Gasteiger partial charge in [0.2, 0.25) is 11.8 Å². The molecule has 4 nitrogen and oxygen atoms in total. The van der Waals surface area contributed by atoms with Gasteiger partial charge >= 0.3 is 0 Å². The Balaban J connectivity index is 1.98. The molecule has 4 atom stereocenters. The maximum atomic E-state index is 12.7. The predicted molar refractivity (Wildman–Crippen MR) is 87.1 cm³/mol. The molecule has 1 saturated carbocycles. The number of fused-ring (bicyclic) bond motifs is 1. The number of benzene rings is 1.